The Labute approximate surface area is 120 Å². The van der Waals surface area contributed by atoms with Gasteiger partial charge in [0, 0.05) is 10.8 Å². The highest BCUT2D eigenvalue weighted by atomic mass is 14.7. The Kier molecular flexibility index (Phi) is 2.82. The van der Waals surface area contributed by atoms with E-state index in [4.69, 9.17) is 4.98 Å². The first kappa shape index (κ1) is 13.1. The maximum absolute atomic E-state index is 4.87. The monoisotopic (exact) mass is 263 g/mol. The van der Waals surface area contributed by atoms with E-state index in [-0.39, 0.29) is 5.41 Å². The average molecular weight is 263 g/mol. The predicted octanol–water partition coefficient (Wildman–Crippen LogP) is 5.30. The highest BCUT2D eigenvalue weighted by Crippen LogP contribution is 2.35. The van der Waals surface area contributed by atoms with Crippen molar-refractivity contribution in [2.75, 3.05) is 0 Å². The minimum absolute atomic E-state index is 0.101. The predicted molar refractivity (Wildman–Crippen MR) is 87.4 cm³/mol. The molecule has 102 valence electrons. The minimum Gasteiger partial charge on any atom is -0.248 e. The van der Waals surface area contributed by atoms with Crippen LogP contribution in [0, 0.1) is 13.8 Å². The van der Waals surface area contributed by atoms with Gasteiger partial charge in [0.25, 0.3) is 0 Å². The van der Waals surface area contributed by atoms with Crippen molar-refractivity contribution in [1.82, 2.24) is 4.98 Å². The van der Waals surface area contributed by atoms with Gasteiger partial charge in [-0.2, -0.15) is 0 Å². The third-order valence-corrected chi connectivity index (χ3v) is 3.84. The van der Waals surface area contributed by atoms with Gasteiger partial charge < -0.3 is 0 Å². The molecule has 0 fully saturated rings. The van der Waals surface area contributed by atoms with Crippen LogP contribution in [0.25, 0.3) is 21.8 Å². The van der Waals surface area contributed by atoms with Gasteiger partial charge in [-0.1, -0.05) is 45.0 Å². The largest absolute Gasteiger partial charge is 0.248 e. The summed E-state index contributed by atoms with van der Waals surface area (Å²) in [5.41, 5.74) is 6.23. The molecule has 0 amide bonds. The van der Waals surface area contributed by atoms with Crippen LogP contribution in [0.15, 0.2) is 36.4 Å². The number of aromatic nitrogens is 1. The van der Waals surface area contributed by atoms with Crippen LogP contribution < -0.4 is 0 Å². The third-order valence-electron chi connectivity index (χ3n) is 3.84. The summed E-state index contributed by atoms with van der Waals surface area (Å²) in [4.78, 5) is 4.87. The van der Waals surface area contributed by atoms with E-state index < -0.39 is 0 Å². The van der Waals surface area contributed by atoms with Gasteiger partial charge in [0.05, 0.1) is 11.0 Å². The molecule has 0 saturated heterocycles. The molecule has 0 aliphatic carbocycles. The molecule has 0 atom stereocenters. The molecule has 0 aliphatic heterocycles. The second-order valence-electron chi connectivity index (χ2n) is 6.78. The molecule has 3 aromatic rings. The highest BCUT2D eigenvalue weighted by molar-refractivity contribution is 5.98. The first-order valence-corrected chi connectivity index (χ1v) is 7.17. The summed E-state index contributed by atoms with van der Waals surface area (Å²) in [6.07, 6.45) is 0. The van der Waals surface area contributed by atoms with Crippen LogP contribution in [-0.4, -0.2) is 4.98 Å². The van der Waals surface area contributed by atoms with Gasteiger partial charge in [-0.3, -0.25) is 0 Å². The molecule has 0 spiro atoms. The second-order valence-corrected chi connectivity index (χ2v) is 6.78. The van der Waals surface area contributed by atoms with Gasteiger partial charge in [-0.05, 0) is 48.1 Å². The average Bonchev–Trinajstić information content (AvgIpc) is 2.34. The lowest BCUT2D eigenvalue weighted by atomic mass is 9.82. The van der Waals surface area contributed by atoms with E-state index >= 15 is 0 Å². The maximum atomic E-state index is 4.87. The molecule has 3 rings (SSSR count). The molecule has 20 heavy (non-hydrogen) atoms. The fourth-order valence-electron chi connectivity index (χ4n) is 2.97. The summed E-state index contributed by atoms with van der Waals surface area (Å²) in [6.45, 7) is 11.1. The van der Waals surface area contributed by atoms with Gasteiger partial charge in [0.2, 0.25) is 0 Å². The molecular weight excluding hydrogens is 242 g/mol. The lowest BCUT2D eigenvalue weighted by Crippen LogP contribution is -2.13. The highest BCUT2D eigenvalue weighted by Gasteiger charge is 2.21. The van der Waals surface area contributed by atoms with E-state index in [0.29, 0.717) is 0 Å². The van der Waals surface area contributed by atoms with Crippen LogP contribution in [0.2, 0.25) is 0 Å². The van der Waals surface area contributed by atoms with Crippen LogP contribution in [0.1, 0.15) is 37.5 Å². The molecule has 0 N–H and O–H groups in total. The molecular formula is C19H21N. The second kappa shape index (κ2) is 4.31. The van der Waals surface area contributed by atoms with Crippen LogP contribution in [0.3, 0.4) is 0 Å². The van der Waals surface area contributed by atoms with Crippen molar-refractivity contribution in [3.05, 3.63) is 53.1 Å². The Morgan fingerprint density at radius 2 is 1.20 bits per heavy atom. The van der Waals surface area contributed by atoms with E-state index in [0.717, 1.165) is 11.0 Å². The number of pyridine rings is 1. The quantitative estimate of drug-likeness (QED) is 0.501. The number of rotatable bonds is 0. The third kappa shape index (κ3) is 2.07. The van der Waals surface area contributed by atoms with Crippen molar-refractivity contribution in [3.63, 3.8) is 0 Å². The Morgan fingerprint density at radius 1 is 0.750 bits per heavy atom. The first-order chi connectivity index (χ1) is 9.36. The number of nitrogens with zero attached hydrogens (tertiary/aromatic N) is 1. The lowest BCUT2D eigenvalue weighted by molar-refractivity contribution is 0.601. The topological polar surface area (TPSA) is 12.9 Å². The van der Waals surface area contributed by atoms with Gasteiger partial charge in [0.1, 0.15) is 0 Å². The Morgan fingerprint density at radius 3 is 1.60 bits per heavy atom. The van der Waals surface area contributed by atoms with Crippen molar-refractivity contribution < 1.29 is 0 Å². The van der Waals surface area contributed by atoms with Crippen molar-refractivity contribution in [3.8, 4) is 0 Å². The lowest BCUT2D eigenvalue weighted by Gasteiger charge is -2.24. The van der Waals surface area contributed by atoms with Crippen molar-refractivity contribution in [2.24, 2.45) is 0 Å². The molecule has 1 aromatic heterocycles. The molecule has 0 saturated carbocycles. The zero-order valence-corrected chi connectivity index (χ0v) is 12.9. The molecule has 0 aliphatic rings. The molecule has 1 nitrogen and oxygen atoms in total. The number of aryl methyl sites for hydroxylation is 2. The molecule has 0 radical (unpaired) electrons. The number of hydrogen-bond acceptors (Lipinski definition) is 1. The minimum atomic E-state index is 0.101. The van der Waals surface area contributed by atoms with Crippen LogP contribution >= 0.6 is 0 Å². The summed E-state index contributed by atoms with van der Waals surface area (Å²) in [7, 11) is 0. The van der Waals surface area contributed by atoms with E-state index in [1.54, 1.807) is 0 Å². The van der Waals surface area contributed by atoms with Crippen LogP contribution in [0.5, 0.6) is 0 Å². The van der Waals surface area contributed by atoms with Gasteiger partial charge in [-0.25, -0.2) is 4.98 Å². The Hall–Kier alpha value is -1.89. The Balaban J connectivity index is 2.56. The molecule has 0 unspecified atom stereocenters. The zero-order valence-electron chi connectivity index (χ0n) is 12.9. The van der Waals surface area contributed by atoms with Crippen molar-refractivity contribution in [2.45, 2.75) is 40.0 Å². The summed E-state index contributed by atoms with van der Waals surface area (Å²) >= 11 is 0. The SMILES string of the molecule is Cc1ccc2c(C(C)(C)C)c3ccc(C)cc3nc2c1. The summed E-state index contributed by atoms with van der Waals surface area (Å²) in [5, 5.41) is 2.55. The molecule has 1 heterocycles. The van der Waals surface area contributed by atoms with Gasteiger partial charge >= 0.3 is 0 Å². The van der Waals surface area contributed by atoms with Crippen molar-refractivity contribution in [1.29, 1.82) is 0 Å². The van der Waals surface area contributed by atoms with Crippen LogP contribution in [0.4, 0.5) is 0 Å². The molecule has 2 aromatic carbocycles. The smallest absolute Gasteiger partial charge is 0.0715 e. The number of fused-ring (bicyclic) bond motifs is 2. The Bertz CT molecular complexity index is 747. The fraction of sp³-hybridized carbons (Fsp3) is 0.316. The van der Waals surface area contributed by atoms with E-state index in [1.165, 1.54) is 27.5 Å². The summed E-state index contributed by atoms with van der Waals surface area (Å²) < 4.78 is 0. The van der Waals surface area contributed by atoms with E-state index in [1.807, 2.05) is 0 Å². The standard InChI is InChI=1S/C19H21N/c1-12-6-8-14-16(10-12)20-17-11-13(2)7-9-15(17)18(14)19(3,4)5/h6-11H,1-5H3. The molecule has 1 heteroatoms. The maximum Gasteiger partial charge on any atom is 0.0715 e. The van der Waals surface area contributed by atoms with E-state index in [9.17, 15) is 0 Å². The van der Waals surface area contributed by atoms with E-state index in [2.05, 4.69) is 71.0 Å². The summed E-state index contributed by atoms with van der Waals surface area (Å²) in [5.74, 6) is 0. The normalized spacial score (nSPS) is 12.2. The first-order valence-electron chi connectivity index (χ1n) is 7.17. The van der Waals surface area contributed by atoms with Crippen LogP contribution in [-0.2, 0) is 5.41 Å². The van der Waals surface area contributed by atoms with Gasteiger partial charge in [0.15, 0.2) is 0 Å². The van der Waals surface area contributed by atoms with Crippen molar-refractivity contribution >= 4 is 21.8 Å². The molecule has 0 bridgehead atoms. The fourth-order valence-corrected chi connectivity index (χ4v) is 2.97. The number of hydrogen-bond donors (Lipinski definition) is 0. The summed E-state index contributed by atoms with van der Waals surface area (Å²) in [6, 6.07) is 13.2. The van der Waals surface area contributed by atoms with Gasteiger partial charge in [-0.15, -0.1) is 0 Å². The zero-order chi connectivity index (χ0) is 14.5. The number of benzene rings is 2.